The van der Waals surface area contributed by atoms with Crippen molar-refractivity contribution in [1.29, 1.82) is 0 Å². The quantitative estimate of drug-likeness (QED) is 0.378. The Morgan fingerprint density at radius 1 is 1.50 bits per heavy atom. The van der Waals surface area contributed by atoms with Crippen molar-refractivity contribution in [2.45, 2.75) is 13.3 Å². The Bertz CT molecular complexity index is 313. The van der Waals surface area contributed by atoms with E-state index >= 15 is 0 Å². The zero-order chi connectivity index (χ0) is 12.6. The van der Waals surface area contributed by atoms with Crippen LogP contribution < -0.4 is 5.73 Å². The second-order valence-electron chi connectivity index (χ2n) is 2.90. The van der Waals surface area contributed by atoms with Crippen molar-refractivity contribution >= 4 is 19.7 Å². The number of carbonyl (C=O) groups is 2. The Morgan fingerprint density at radius 2 is 2.12 bits per heavy atom. The topological polar surface area (TPSA) is 107 Å². The molecule has 0 aromatic rings. The van der Waals surface area contributed by atoms with Gasteiger partial charge < -0.3 is 15.6 Å². The second kappa shape index (κ2) is 7.96. The van der Waals surface area contributed by atoms with Crippen LogP contribution in [0.15, 0.2) is 11.6 Å². The Labute approximate surface area is 94.2 Å². The lowest BCUT2D eigenvalue weighted by molar-refractivity contribution is -0.139. The highest BCUT2D eigenvalue weighted by Crippen LogP contribution is 2.19. The van der Waals surface area contributed by atoms with Gasteiger partial charge in [0.2, 0.25) is 12.3 Å². The number of ether oxygens (including phenoxy) is 1. The molecule has 1 atom stereocenters. The smallest absolute Gasteiger partial charge is 0.370 e. The summed E-state index contributed by atoms with van der Waals surface area (Å²) in [7, 11) is -1.80. The van der Waals surface area contributed by atoms with Crippen LogP contribution in [0.5, 0.6) is 0 Å². The number of allylic oxidation sites excluding steroid dienone is 1. The van der Waals surface area contributed by atoms with Crippen LogP contribution in [0, 0.1) is 0 Å². The molecule has 1 amide bonds. The van der Waals surface area contributed by atoms with Gasteiger partial charge in [-0.3, -0.25) is 4.79 Å². The molecule has 0 rings (SSSR count). The SMILES string of the molecule is CCOC(=O)/C(=C\C[P+](=O)CO)CC(N)=O. The summed E-state index contributed by atoms with van der Waals surface area (Å²) >= 11 is 0. The normalized spacial score (nSPS) is 12.1. The molecule has 7 heteroatoms. The number of hydrogen-bond acceptors (Lipinski definition) is 5. The van der Waals surface area contributed by atoms with Gasteiger partial charge in [0, 0.05) is 5.57 Å². The van der Waals surface area contributed by atoms with E-state index in [2.05, 4.69) is 0 Å². The molecular weight excluding hydrogens is 233 g/mol. The predicted molar refractivity (Wildman–Crippen MR) is 58.1 cm³/mol. The first-order valence-electron chi connectivity index (χ1n) is 4.68. The molecule has 0 aromatic carbocycles. The molecule has 0 aliphatic rings. The molecule has 3 N–H and O–H groups in total. The minimum absolute atomic E-state index is 0.0211. The summed E-state index contributed by atoms with van der Waals surface area (Å²) < 4.78 is 15.7. The summed E-state index contributed by atoms with van der Waals surface area (Å²) in [5.74, 6) is -1.32. The first-order valence-corrected chi connectivity index (χ1v) is 6.31. The van der Waals surface area contributed by atoms with E-state index in [-0.39, 0.29) is 24.8 Å². The molecule has 0 bridgehead atoms. The average molecular weight is 248 g/mol. The third kappa shape index (κ3) is 6.27. The zero-order valence-electron chi connectivity index (χ0n) is 9.01. The van der Waals surface area contributed by atoms with Crippen LogP contribution >= 0.6 is 7.80 Å². The van der Waals surface area contributed by atoms with E-state index in [1.165, 1.54) is 6.08 Å². The van der Waals surface area contributed by atoms with Crippen LogP contribution in [-0.4, -0.2) is 36.1 Å². The van der Waals surface area contributed by atoms with Gasteiger partial charge in [-0.2, -0.15) is 0 Å². The van der Waals surface area contributed by atoms with E-state index < -0.39 is 26.0 Å². The van der Waals surface area contributed by atoms with E-state index in [1.54, 1.807) is 6.92 Å². The Balaban J connectivity index is 4.58. The van der Waals surface area contributed by atoms with E-state index in [9.17, 15) is 14.2 Å². The summed E-state index contributed by atoms with van der Waals surface area (Å²) in [6.07, 6.45) is 0.622. The van der Waals surface area contributed by atoms with Crippen LogP contribution in [0.4, 0.5) is 0 Å². The minimum Gasteiger partial charge on any atom is -0.463 e. The van der Waals surface area contributed by atoms with Gasteiger partial charge in [-0.1, -0.05) is 4.57 Å². The molecule has 0 aliphatic carbocycles. The van der Waals surface area contributed by atoms with Gasteiger partial charge in [-0.25, -0.2) is 4.79 Å². The lowest BCUT2D eigenvalue weighted by atomic mass is 10.2. The molecule has 0 fully saturated rings. The highest BCUT2D eigenvalue weighted by atomic mass is 31.1. The van der Waals surface area contributed by atoms with Crippen LogP contribution in [0.1, 0.15) is 13.3 Å². The molecule has 16 heavy (non-hydrogen) atoms. The summed E-state index contributed by atoms with van der Waals surface area (Å²) in [5.41, 5.74) is 5.03. The van der Waals surface area contributed by atoms with Crippen molar-refractivity contribution in [2.24, 2.45) is 5.73 Å². The van der Waals surface area contributed by atoms with Crippen molar-refractivity contribution in [1.82, 2.24) is 0 Å². The average Bonchev–Trinajstić information content (AvgIpc) is 2.23. The van der Waals surface area contributed by atoms with Gasteiger partial charge >= 0.3 is 13.8 Å². The molecule has 0 saturated carbocycles. The summed E-state index contributed by atoms with van der Waals surface area (Å²) in [5, 5.41) is 8.55. The van der Waals surface area contributed by atoms with Gasteiger partial charge in [0.05, 0.1) is 13.0 Å². The molecule has 1 unspecified atom stereocenters. The fourth-order valence-electron chi connectivity index (χ4n) is 0.909. The first-order chi connectivity index (χ1) is 7.51. The highest BCUT2D eigenvalue weighted by molar-refractivity contribution is 7.44. The summed E-state index contributed by atoms with van der Waals surface area (Å²) in [4.78, 5) is 22.0. The van der Waals surface area contributed by atoms with Gasteiger partial charge in [-0.05, 0) is 13.0 Å². The van der Waals surface area contributed by atoms with Crippen molar-refractivity contribution in [3.63, 3.8) is 0 Å². The molecule has 0 saturated heterocycles. The van der Waals surface area contributed by atoms with Crippen molar-refractivity contribution in [2.75, 3.05) is 19.1 Å². The molecular formula is C9H15NO5P+. The maximum Gasteiger partial charge on any atom is 0.370 e. The lowest BCUT2D eigenvalue weighted by Gasteiger charge is -2.03. The molecule has 0 aromatic heterocycles. The lowest BCUT2D eigenvalue weighted by Crippen LogP contribution is -2.17. The van der Waals surface area contributed by atoms with Crippen LogP contribution in [0.2, 0.25) is 0 Å². The molecule has 90 valence electrons. The number of hydrogen-bond donors (Lipinski definition) is 2. The third-order valence-electron chi connectivity index (χ3n) is 1.60. The predicted octanol–water partition coefficient (Wildman–Crippen LogP) is 0.128. The second-order valence-corrected chi connectivity index (χ2v) is 4.51. The van der Waals surface area contributed by atoms with Crippen LogP contribution in [-0.2, 0) is 18.9 Å². The van der Waals surface area contributed by atoms with E-state index in [4.69, 9.17) is 15.6 Å². The number of aliphatic hydroxyl groups is 1. The van der Waals surface area contributed by atoms with E-state index in [1.807, 2.05) is 0 Å². The number of nitrogens with two attached hydrogens (primary N) is 1. The number of esters is 1. The molecule has 0 spiro atoms. The summed E-state index contributed by atoms with van der Waals surface area (Å²) in [6.45, 7) is 1.81. The monoisotopic (exact) mass is 248 g/mol. The van der Waals surface area contributed by atoms with Gasteiger partial charge in [-0.15, -0.1) is 0 Å². The minimum atomic E-state index is -1.80. The molecule has 6 nitrogen and oxygen atoms in total. The number of rotatable bonds is 7. The fraction of sp³-hybridized carbons (Fsp3) is 0.556. The maximum atomic E-state index is 11.3. The number of primary amides is 1. The Hall–Kier alpha value is -1.26. The van der Waals surface area contributed by atoms with Crippen molar-refractivity contribution < 1.29 is 24.0 Å². The van der Waals surface area contributed by atoms with Crippen molar-refractivity contribution in [3.8, 4) is 0 Å². The van der Waals surface area contributed by atoms with Crippen LogP contribution in [0.25, 0.3) is 0 Å². The van der Waals surface area contributed by atoms with Gasteiger partial charge in [0.1, 0.15) is 0 Å². The van der Waals surface area contributed by atoms with Gasteiger partial charge in [0.15, 0.2) is 6.16 Å². The number of amides is 1. The van der Waals surface area contributed by atoms with Gasteiger partial charge in [0.25, 0.3) is 0 Å². The van der Waals surface area contributed by atoms with E-state index in [0.29, 0.717) is 0 Å². The van der Waals surface area contributed by atoms with Crippen LogP contribution in [0.3, 0.4) is 0 Å². The number of aliphatic hydroxyl groups excluding tert-OH is 1. The Kier molecular flexibility index (Phi) is 7.33. The third-order valence-corrected chi connectivity index (χ3v) is 2.51. The largest absolute Gasteiger partial charge is 0.463 e. The fourth-order valence-corrected chi connectivity index (χ4v) is 1.45. The molecule has 0 heterocycles. The highest BCUT2D eigenvalue weighted by Gasteiger charge is 2.17. The van der Waals surface area contributed by atoms with E-state index in [0.717, 1.165) is 0 Å². The maximum absolute atomic E-state index is 11.3. The standard InChI is InChI=1S/C9H14NO5P/c1-2-15-9(13)7(5-8(10)12)3-4-16(14)6-11/h3,11H,2,4-6H2,1H3,(H-,10,12)/p+1/b7-3-. The molecule has 0 radical (unpaired) electrons. The summed E-state index contributed by atoms with van der Waals surface area (Å²) in [6, 6.07) is 0. The zero-order valence-corrected chi connectivity index (χ0v) is 9.90. The van der Waals surface area contributed by atoms with Crippen molar-refractivity contribution in [3.05, 3.63) is 11.6 Å². The first kappa shape index (κ1) is 14.7. The molecule has 0 aliphatic heterocycles. The Morgan fingerprint density at radius 3 is 2.56 bits per heavy atom. The number of carbonyl (C=O) groups excluding carboxylic acids is 2.